The monoisotopic (exact) mass is 442 g/mol. The van der Waals surface area contributed by atoms with Crippen molar-refractivity contribution in [3.05, 3.63) is 76.0 Å². The molecular formula is C23H26N2O5S. The summed E-state index contributed by atoms with van der Waals surface area (Å²) in [5, 5.41) is 20.8. The number of fused-ring (bicyclic) bond motifs is 3. The number of nitrogens with zero attached hydrogens (tertiary/aromatic N) is 2. The van der Waals surface area contributed by atoms with Gasteiger partial charge in [-0.25, -0.2) is 0 Å². The van der Waals surface area contributed by atoms with E-state index >= 15 is 0 Å². The van der Waals surface area contributed by atoms with Gasteiger partial charge >= 0.3 is 0 Å². The van der Waals surface area contributed by atoms with Gasteiger partial charge in [-0.15, -0.1) is 0 Å². The second kappa shape index (κ2) is 7.87. The number of allylic oxidation sites excluding steroid dienone is 1. The molecule has 2 N–H and O–H groups in total. The summed E-state index contributed by atoms with van der Waals surface area (Å²) in [5.41, 5.74) is 4.03. The fraction of sp³-hybridized carbons (Fsp3) is 0.348. The minimum atomic E-state index is -4.01. The lowest BCUT2D eigenvalue weighted by molar-refractivity contribution is -0.219. The van der Waals surface area contributed by atoms with Crippen LogP contribution < -0.4 is 0 Å². The number of morpholine rings is 1. The molecule has 31 heavy (non-hydrogen) atoms. The van der Waals surface area contributed by atoms with Gasteiger partial charge in [0.1, 0.15) is 0 Å². The molecule has 1 saturated heterocycles. The van der Waals surface area contributed by atoms with Gasteiger partial charge in [0.15, 0.2) is 0 Å². The molecular weight excluding hydrogens is 416 g/mol. The Hall–Kier alpha value is -2.52. The van der Waals surface area contributed by atoms with Gasteiger partial charge in [0, 0.05) is 24.2 Å². The van der Waals surface area contributed by atoms with Crippen molar-refractivity contribution >= 4 is 15.7 Å². The van der Waals surface area contributed by atoms with Crippen molar-refractivity contribution in [1.29, 1.82) is 0 Å². The number of hydrogen-bond acceptors (Lipinski definition) is 6. The van der Waals surface area contributed by atoms with Crippen molar-refractivity contribution in [1.82, 2.24) is 4.90 Å². The highest BCUT2D eigenvalue weighted by atomic mass is 32.2. The van der Waals surface area contributed by atoms with Gasteiger partial charge in [-0.1, -0.05) is 30.3 Å². The number of aliphatic hydroxyl groups excluding tert-OH is 1. The highest BCUT2D eigenvalue weighted by molar-refractivity contribution is 7.90. The van der Waals surface area contributed by atoms with Crippen LogP contribution in [0.3, 0.4) is 0 Å². The first-order valence-electron chi connectivity index (χ1n) is 10.1. The lowest BCUT2D eigenvalue weighted by Gasteiger charge is -2.45. The van der Waals surface area contributed by atoms with E-state index in [2.05, 4.69) is 4.40 Å². The molecule has 0 spiro atoms. The molecule has 2 aliphatic rings. The minimum absolute atomic E-state index is 0.109. The van der Waals surface area contributed by atoms with Crippen molar-refractivity contribution in [2.24, 2.45) is 4.40 Å². The highest BCUT2D eigenvalue weighted by Crippen LogP contribution is 2.41. The molecule has 7 nitrogen and oxygen atoms in total. The van der Waals surface area contributed by atoms with E-state index in [1.54, 1.807) is 48.2 Å². The predicted molar refractivity (Wildman–Crippen MR) is 117 cm³/mol. The molecule has 2 aromatic rings. The number of hydrogen-bond donors (Lipinski definition) is 2. The maximum atomic E-state index is 13.3. The SMILES string of the molecule is Cc1cc(C)c(S(=O)(=O)N=C2C=C3N(CCO)CCO[C@@]3(O)c3ccccc32)cc1C. The first kappa shape index (κ1) is 21.7. The third-order valence-corrected chi connectivity index (χ3v) is 7.29. The molecule has 8 heteroatoms. The number of sulfonamides is 1. The van der Waals surface area contributed by atoms with Crippen LogP contribution in [-0.2, 0) is 20.5 Å². The second-order valence-corrected chi connectivity index (χ2v) is 9.50. The van der Waals surface area contributed by atoms with Crippen molar-refractivity contribution in [2.45, 2.75) is 31.5 Å². The van der Waals surface area contributed by atoms with Crippen LogP contribution in [0.2, 0.25) is 0 Å². The van der Waals surface area contributed by atoms with Crippen LogP contribution in [0.25, 0.3) is 0 Å². The van der Waals surface area contributed by atoms with Crippen LogP contribution in [-0.4, -0.2) is 55.5 Å². The Bertz CT molecular complexity index is 1200. The maximum absolute atomic E-state index is 13.3. The number of aryl methyl sites for hydroxylation is 3. The average molecular weight is 443 g/mol. The Labute approximate surface area is 182 Å². The summed E-state index contributed by atoms with van der Waals surface area (Å²) in [6, 6.07) is 10.4. The Morgan fingerprint density at radius 1 is 1.13 bits per heavy atom. The molecule has 0 saturated carbocycles. The largest absolute Gasteiger partial charge is 0.395 e. The van der Waals surface area contributed by atoms with E-state index in [-0.39, 0.29) is 30.4 Å². The molecule has 0 radical (unpaired) electrons. The summed E-state index contributed by atoms with van der Waals surface area (Å²) in [5.74, 6) is -1.72. The van der Waals surface area contributed by atoms with E-state index in [9.17, 15) is 18.6 Å². The first-order chi connectivity index (χ1) is 14.7. The summed E-state index contributed by atoms with van der Waals surface area (Å²) in [6.07, 6.45) is 1.55. The molecule has 0 aromatic heterocycles. The van der Waals surface area contributed by atoms with Crippen LogP contribution in [0.15, 0.2) is 57.5 Å². The van der Waals surface area contributed by atoms with Crippen molar-refractivity contribution in [3.63, 3.8) is 0 Å². The van der Waals surface area contributed by atoms with Gasteiger partial charge in [0.2, 0.25) is 5.79 Å². The lowest BCUT2D eigenvalue weighted by Crippen LogP contribution is -2.50. The van der Waals surface area contributed by atoms with Gasteiger partial charge in [0.05, 0.1) is 29.5 Å². The maximum Gasteiger partial charge on any atom is 0.283 e. The van der Waals surface area contributed by atoms with Gasteiger partial charge in [-0.3, -0.25) is 0 Å². The zero-order valence-corrected chi connectivity index (χ0v) is 18.6. The molecule has 0 amide bonds. The summed E-state index contributed by atoms with van der Waals surface area (Å²) in [4.78, 5) is 1.95. The van der Waals surface area contributed by atoms with Gasteiger partial charge in [0.25, 0.3) is 10.0 Å². The molecule has 0 bridgehead atoms. The van der Waals surface area contributed by atoms with E-state index < -0.39 is 15.8 Å². The van der Waals surface area contributed by atoms with Crippen LogP contribution in [0.1, 0.15) is 27.8 Å². The van der Waals surface area contributed by atoms with Gasteiger partial charge in [-0.05, 0) is 49.6 Å². The van der Waals surface area contributed by atoms with E-state index in [4.69, 9.17) is 4.74 Å². The smallest absolute Gasteiger partial charge is 0.283 e. The number of β-amino-alcohol motifs (C(OH)–C–C–N with tert-alkyl or cyclic N) is 1. The second-order valence-electron chi connectivity index (χ2n) is 7.93. The van der Waals surface area contributed by atoms with Crippen LogP contribution in [0.5, 0.6) is 0 Å². The van der Waals surface area contributed by atoms with E-state index in [0.29, 0.717) is 28.9 Å². The highest BCUT2D eigenvalue weighted by Gasteiger charge is 2.46. The topological polar surface area (TPSA) is 99.4 Å². The molecule has 1 aliphatic heterocycles. The van der Waals surface area contributed by atoms with Crippen molar-refractivity contribution < 1.29 is 23.4 Å². The van der Waals surface area contributed by atoms with Gasteiger partial charge < -0.3 is 19.8 Å². The molecule has 2 aromatic carbocycles. The molecule has 1 aliphatic carbocycles. The van der Waals surface area contributed by atoms with Crippen molar-refractivity contribution in [3.8, 4) is 0 Å². The van der Waals surface area contributed by atoms with Crippen LogP contribution in [0.4, 0.5) is 0 Å². The lowest BCUT2D eigenvalue weighted by atomic mass is 9.86. The normalized spacial score (nSPS) is 22.2. The number of aliphatic hydroxyl groups is 2. The van der Waals surface area contributed by atoms with Gasteiger partial charge in [-0.2, -0.15) is 12.8 Å². The fourth-order valence-corrected chi connectivity index (χ4v) is 5.45. The molecule has 0 unspecified atom stereocenters. The zero-order valence-electron chi connectivity index (χ0n) is 17.8. The third kappa shape index (κ3) is 3.70. The van der Waals surface area contributed by atoms with Crippen LogP contribution in [0, 0.1) is 20.8 Å². The Morgan fingerprint density at radius 2 is 1.84 bits per heavy atom. The number of ether oxygens (including phenoxy) is 1. The molecule has 1 atom stereocenters. The third-order valence-electron chi connectivity index (χ3n) is 5.86. The summed E-state index contributed by atoms with van der Waals surface area (Å²) < 4.78 is 36.5. The van der Waals surface area contributed by atoms with E-state index in [0.717, 1.165) is 11.1 Å². The summed E-state index contributed by atoms with van der Waals surface area (Å²) >= 11 is 0. The molecule has 164 valence electrons. The van der Waals surface area contributed by atoms with E-state index in [1.165, 1.54) is 0 Å². The summed E-state index contributed by atoms with van der Waals surface area (Å²) in [6.45, 7) is 6.47. The molecule has 1 fully saturated rings. The first-order valence-corrected chi connectivity index (χ1v) is 11.6. The Morgan fingerprint density at radius 3 is 2.58 bits per heavy atom. The quantitative estimate of drug-likeness (QED) is 0.753. The Balaban J connectivity index is 1.91. The molecule has 1 heterocycles. The number of benzene rings is 2. The Kier molecular flexibility index (Phi) is 5.51. The van der Waals surface area contributed by atoms with Crippen LogP contribution >= 0.6 is 0 Å². The summed E-state index contributed by atoms with van der Waals surface area (Å²) in [7, 11) is -4.01. The molecule has 4 rings (SSSR count). The zero-order chi connectivity index (χ0) is 22.4. The fourth-order valence-electron chi connectivity index (χ4n) is 4.15. The van der Waals surface area contributed by atoms with E-state index in [1.807, 2.05) is 19.9 Å². The average Bonchev–Trinajstić information content (AvgIpc) is 2.72. The minimum Gasteiger partial charge on any atom is -0.395 e. The number of rotatable bonds is 4. The predicted octanol–water partition coefficient (Wildman–Crippen LogP) is 2.16. The standard InChI is InChI=1S/C23H26N2O5S/c1-15-12-17(3)21(13-16(15)2)31(28,29)24-20-14-22-23(27,19-7-5-4-6-18(19)20)30-11-9-25(22)8-10-26/h4-7,12-14,26-27H,8-11H2,1-3H3/t23-/m0/s1. The van der Waals surface area contributed by atoms with Crippen molar-refractivity contribution in [2.75, 3.05) is 26.3 Å².